The van der Waals surface area contributed by atoms with Crippen LogP contribution in [-0.2, 0) is 0 Å². The molecule has 0 radical (unpaired) electrons. The highest BCUT2D eigenvalue weighted by molar-refractivity contribution is 9.10. The molecule has 1 fully saturated rings. The van der Waals surface area contributed by atoms with Crippen LogP contribution >= 0.6 is 15.9 Å². The Morgan fingerprint density at radius 2 is 2.22 bits per heavy atom. The topological polar surface area (TPSA) is 49.5 Å². The van der Waals surface area contributed by atoms with E-state index in [9.17, 15) is 5.11 Å². The van der Waals surface area contributed by atoms with Crippen molar-refractivity contribution in [2.75, 3.05) is 18.1 Å². The van der Waals surface area contributed by atoms with Gasteiger partial charge in [-0.2, -0.15) is 0 Å². The van der Waals surface area contributed by atoms with Crippen molar-refractivity contribution in [1.29, 1.82) is 0 Å². The maximum absolute atomic E-state index is 9.27. The standard InChI is InChI=1S/C14H21BrN2O/c1-10(16)13-9-11(15)5-6-14(13)17(7-8-18)12-3-2-4-12/h5-6,9-10,12,18H,2-4,7-8,16H2,1H3. The smallest absolute Gasteiger partial charge is 0.0606 e. The van der Waals surface area contributed by atoms with Crippen molar-refractivity contribution in [3.05, 3.63) is 28.2 Å². The molecule has 0 spiro atoms. The van der Waals surface area contributed by atoms with E-state index in [1.807, 2.05) is 13.0 Å². The lowest BCUT2D eigenvalue weighted by Crippen LogP contribution is -2.42. The third kappa shape index (κ3) is 2.87. The summed E-state index contributed by atoms with van der Waals surface area (Å²) in [5.74, 6) is 0. The number of rotatable bonds is 5. The lowest BCUT2D eigenvalue weighted by molar-refractivity contribution is 0.283. The Morgan fingerprint density at radius 3 is 2.72 bits per heavy atom. The Balaban J connectivity index is 2.33. The number of nitrogens with two attached hydrogens (primary N) is 1. The van der Waals surface area contributed by atoms with Gasteiger partial charge >= 0.3 is 0 Å². The molecular formula is C14H21BrN2O. The van der Waals surface area contributed by atoms with Gasteiger partial charge in [-0.15, -0.1) is 0 Å². The van der Waals surface area contributed by atoms with Crippen LogP contribution in [0.3, 0.4) is 0 Å². The fourth-order valence-corrected chi connectivity index (χ4v) is 2.84. The van der Waals surface area contributed by atoms with Gasteiger partial charge in [0.25, 0.3) is 0 Å². The van der Waals surface area contributed by atoms with Gasteiger partial charge in [0.15, 0.2) is 0 Å². The van der Waals surface area contributed by atoms with Crippen LogP contribution in [0, 0.1) is 0 Å². The predicted molar refractivity (Wildman–Crippen MR) is 78.8 cm³/mol. The largest absolute Gasteiger partial charge is 0.395 e. The first-order valence-electron chi connectivity index (χ1n) is 6.56. The zero-order valence-electron chi connectivity index (χ0n) is 10.8. The third-order valence-electron chi connectivity index (χ3n) is 3.65. The summed E-state index contributed by atoms with van der Waals surface area (Å²) in [6, 6.07) is 6.80. The summed E-state index contributed by atoms with van der Waals surface area (Å²) in [5, 5.41) is 9.27. The average Bonchev–Trinajstić information content (AvgIpc) is 2.26. The summed E-state index contributed by atoms with van der Waals surface area (Å²) in [6.45, 7) is 2.88. The van der Waals surface area contributed by atoms with E-state index in [1.165, 1.54) is 24.9 Å². The summed E-state index contributed by atoms with van der Waals surface area (Å²) >= 11 is 3.50. The van der Waals surface area contributed by atoms with Crippen molar-refractivity contribution in [1.82, 2.24) is 0 Å². The van der Waals surface area contributed by atoms with Crippen molar-refractivity contribution < 1.29 is 5.11 Å². The van der Waals surface area contributed by atoms with Gasteiger partial charge in [-0.05, 0) is 49.9 Å². The first kappa shape index (κ1) is 13.8. The molecule has 1 saturated carbocycles. The molecule has 1 aromatic rings. The van der Waals surface area contributed by atoms with Crippen molar-refractivity contribution >= 4 is 21.6 Å². The van der Waals surface area contributed by atoms with Crippen LogP contribution in [0.15, 0.2) is 22.7 Å². The Hall–Kier alpha value is -0.580. The highest BCUT2D eigenvalue weighted by Gasteiger charge is 2.26. The summed E-state index contributed by atoms with van der Waals surface area (Å²) in [7, 11) is 0. The van der Waals surface area contributed by atoms with Gasteiger partial charge in [-0.25, -0.2) is 0 Å². The average molecular weight is 313 g/mol. The van der Waals surface area contributed by atoms with Gasteiger partial charge in [0, 0.05) is 28.8 Å². The van der Waals surface area contributed by atoms with Crippen LogP contribution in [0.2, 0.25) is 0 Å². The molecule has 0 saturated heterocycles. The van der Waals surface area contributed by atoms with Crippen molar-refractivity contribution in [2.45, 2.75) is 38.3 Å². The number of aliphatic hydroxyl groups is 1. The Labute approximate surface area is 117 Å². The number of nitrogens with zero attached hydrogens (tertiary/aromatic N) is 1. The molecule has 4 heteroatoms. The van der Waals surface area contributed by atoms with Crippen LogP contribution in [0.5, 0.6) is 0 Å². The highest BCUT2D eigenvalue weighted by atomic mass is 79.9. The molecule has 0 bridgehead atoms. The zero-order chi connectivity index (χ0) is 13.1. The van der Waals surface area contributed by atoms with E-state index >= 15 is 0 Å². The van der Waals surface area contributed by atoms with Gasteiger partial charge in [0.05, 0.1) is 6.61 Å². The van der Waals surface area contributed by atoms with Gasteiger partial charge in [0.1, 0.15) is 0 Å². The highest BCUT2D eigenvalue weighted by Crippen LogP contribution is 2.34. The van der Waals surface area contributed by atoms with E-state index in [0.717, 1.165) is 10.0 Å². The summed E-state index contributed by atoms with van der Waals surface area (Å²) in [4.78, 5) is 2.31. The summed E-state index contributed by atoms with van der Waals surface area (Å²) < 4.78 is 1.05. The number of hydrogen-bond donors (Lipinski definition) is 2. The van der Waals surface area contributed by atoms with Crippen LogP contribution < -0.4 is 10.6 Å². The van der Waals surface area contributed by atoms with E-state index in [1.54, 1.807) is 0 Å². The lowest BCUT2D eigenvalue weighted by atomic mass is 9.90. The van der Waals surface area contributed by atoms with Crippen molar-refractivity contribution in [3.63, 3.8) is 0 Å². The van der Waals surface area contributed by atoms with Crippen LogP contribution in [0.4, 0.5) is 5.69 Å². The second kappa shape index (κ2) is 6.04. The minimum Gasteiger partial charge on any atom is -0.395 e. The monoisotopic (exact) mass is 312 g/mol. The second-order valence-electron chi connectivity index (χ2n) is 4.99. The Morgan fingerprint density at radius 1 is 1.50 bits per heavy atom. The molecule has 3 nitrogen and oxygen atoms in total. The van der Waals surface area contributed by atoms with Crippen LogP contribution in [-0.4, -0.2) is 24.3 Å². The molecular weight excluding hydrogens is 292 g/mol. The molecule has 1 aliphatic carbocycles. The van der Waals surface area contributed by atoms with E-state index in [4.69, 9.17) is 5.73 Å². The molecule has 1 atom stereocenters. The molecule has 1 aromatic carbocycles. The molecule has 2 rings (SSSR count). The van der Waals surface area contributed by atoms with Gasteiger partial charge < -0.3 is 15.7 Å². The molecule has 0 aromatic heterocycles. The minimum atomic E-state index is -0.00114. The maximum Gasteiger partial charge on any atom is 0.0606 e. The lowest BCUT2D eigenvalue weighted by Gasteiger charge is -2.40. The maximum atomic E-state index is 9.27. The first-order valence-corrected chi connectivity index (χ1v) is 7.35. The van der Waals surface area contributed by atoms with E-state index in [-0.39, 0.29) is 12.6 Å². The second-order valence-corrected chi connectivity index (χ2v) is 5.91. The number of aliphatic hydroxyl groups excluding tert-OH is 1. The minimum absolute atomic E-state index is 0.00114. The van der Waals surface area contributed by atoms with Crippen LogP contribution in [0.1, 0.15) is 37.8 Å². The van der Waals surface area contributed by atoms with Crippen molar-refractivity contribution in [2.24, 2.45) is 5.73 Å². The number of halogens is 1. The normalized spacial score (nSPS) is 17.3. The first-order chi connectivity index (χ1) is 8.63. The van der Waals surface area contributed by atoms with E-state index in [0.29, 0.717) is 12.6 Å². The molecule has 1 unspecified atom stereocenters. The Kier molecular flexibility index (Phi) is 4.65. The third-order valence-corrected chi connectivity index (χ3v) is 4.14. The molecule has 3 N–H and O–H groups in total. The zero-order valence-corrected chi connectivity index (χ0v) is 12.4. The summed E-state index contributed by atoms with van der Waals surface area (Å²) in [5.41, 5.74) is 8.38. The molecule has 0 heterocycles. The number of benzene rings is 1. The molecule has 100 valence electrons. The van der Waals surface area contributed by atoms with Gasteiger partial charge in [0.2, 0.25) is 0 Å². The van der Waals surface area contributed by atoms with Crippen molar-refractivity contribution in [3.8, 4) is 0 Å². The fraction of sp³-hybridized carbons (Fsp3) is 0.571. The number of anilines is 1. The molecule has 18 heavy (non-hydrogen) atoms. The van der Waals surface area contributed by atoms with E-state index in [2.05, 4.69) is 33.0 Å². The SMILES string of the molecule is CC(N)c1cc(Br)ccc1N(CCO)C1CCC1. The quantitative estimate of drug-likeness (QED) is 0.879. The predicted octanol–water partition coefficient (Wildman–Crippen LogP) is 2.82. The molecule has 1 aliphatic rings. The summed E-state index contributed by atoms with van der Waals surface area (Å²) in [6.07, 6.45) is 3.72. The van der Waals surface area contributed by atoms with Gasteiger partial charge in [-0.1, -0.05) is 15.9 Å². The van der Waals surface area contributed by atoms with Gasteiger partial charge in [-0.3, -0.25) is 0 Å². The fourth-order valence-electron chi connectivity index (χ4n) is 2.46. The Bertz CT molecular complexity index is 405. The molecule has 0 amide bonds. The van der Waals surface area contributed by atoms with Crippen LogP contribution in [0.25, 0.3) is 0 Å². The molecule has 0 aliphatic heterocycles. The van der Waals surface area contributed by atoms with E-state index < -0.39 is 0 Å². The number of hydrogen-bond acceptors (Lipinski definition) is 3.